The van der Waals surface area contributed by atoms with Gasteiger partial charge in [0.05, 0.1) is 0 Å². The number of rotatable bonds is 2. The van der Waals surface area contributed by atoms with Crippen molar-refractivity contribution in [1.82, 2.24) is 10.6 Å². The van der Waals surface area contributed by atoms with Gasteiger partial charge in [0.25, 0.3) is 0 Å². The largest absolute Gasteiger partial charge is 0.353 e. The van der Waals surface area contributed by atoms with Crippen LogP contribution in [0, 0.1) is 5.92 Å². The highest BCUT2D eigenvalue weighted by molar-refractivity contribution is 5.79. The zero-order valence-corrected chi connectivity index (χ0v) is 8.46. The molecular formula is C11H18N2O. The summed E-state index contributed by atoms with van der Waals surface area (Å²) in [6, 6.07) is 0.407. The van der Waals surface area contributed by atoms with Crippen LogP contribution in [0.25, 0.3) is 0 Å². The molecule has 1 amide bonds. The maximum atomic E-state index is 11.7. The molecule has 2 rings (SSSR count). The summed E-state index contributed by atoms with van der Waals surface area (Å²) >= 11 is 0. The third-order valence-corrected chi connectivity index (χ3v) is 3.06. The van der Waals surface area contributed by atoms with Crippen molar-refractivity contribution < 1.29 is 4.79 Å². The van der Waals surface area contributed by atoms with E-state index in [1.54, 1.807) is 0 Å². The average Bonchev–Trinajstić information content (AvgIpc) is 2.72. The van der Waals surface area contributed by atoms with Gasteiger partial charge in [-0.3, -0.25) is 4.79 Å². The van der Waals surface area contributed by atoms with Crippen molar-refractivity contribution in [1.29, 1.82) is 0 Å². The highest BCUT2D eigenvalue weighted by Crippen LogP contribution is 2.18. The van der Waals surface area contributed by atoms with Gasteiger partial charge >= 0.3 is 0 Å². The van der Waals surface area contributed by atoms with Crippen molar-refractivity contribution in [3.05, 3.63) is 12.2 Å². The molecule has 0 radical (unpaired) electrons. The van der Waals surface area contributed by atoms with Crippen LogP contribution in [0.15, 0.2) is 12.2 Å². The van der Waals surface area contributed by atoms with Crippen molar-refractivity contribution in [2.75, 3.05) is 13.1 Å². The van der Waals surface area contributed by atoms with Gasteiger partial charge < -0.3 is 10.6 Å². The second-order valence-electron chi connectivity index (χ2n) is 4.17. The Balaban J connectivity index is 1.75. The van der Waals surface area contributed by atoms with Gasteiger partial charge in [0.15, 0.2) is 0 Å². The molecule has 0 aromatic carbocycles. The third-order valence-electron chi connectivity index (χ3n) is 3.06. The Bertz CT molecular complexity index is 223. The number of carbonyl (C=O) groups is 1. The van der Waals surface area contributed by atoms with Gasteiger partial charge in [0.2, 0.25) is 5.91 Å². The molecule has 0 aromatic rings. The first-order chi connectivity index (χ1) is 6.86. The molecule has 2 N–H and O–H groups in total. The quantitative estimate of drug-likeness (QED) is 0.639. The highest BCUT2D eigenvalue weighted by atomic mass is 16.1. The van der Waals surface area contributed by atoms with Crippen molar-refractivity contribution >= 4 is 5.91 Å². The molecule has 1 aliphatic carbocycles. The summed E-state index contributed by atoms with van der Waals surface area (Å²) in [6.45, 7) is 2.07. The minimum Gasteiger partial charge on any atom is -0.353 e. The number of allylic oxidation sites excluding steroid dienone is 2. The van der Waals surface area contributed by atoms with E-state index in [0.29, 0.717) is 6.04 Å². The fourth-order valence-electron chi connectivity index (χ4n) is 2.12. The minimum absolute atomic E-state index is 0.213. The Morgan fingerprint density at radius 3 is 2.50 bits per heavy atom. The van der Waals surface area contributed by atoms with Crippen LogP contribution in [0.1, 0.15) is 25.7 Å². The number of carbonyl (C=O) groups excluding carboxylic acids is 1. The molecule has 1 fully saturated rings. The molecular weight excluding hydrogens is 176 g/mol. The van der Waals surface area contributed by atoms with Crippen LogP contribution in [0.3, 0.4) is 0 Å². The molecule has 2 aliphatic rings. The Morgan fingerprint density at radius 1 is 1.21 bits per heavy atom. The summed E-state index contributed by atoms with van der Waals surface area (Å²) in [6.07, 6.45) is 8.21. The van der Waals surface area contributed by atoms with Gasteiger partial charge in [0.1, 0.15) is 0 Å². The summed E-state index contributed by atoms with van der Waals surface area (Å²) in [5.41, 5.74) is 0. The molecule has 3 nitrogen and oxygen atoms in total. The number of amides is 1. The predicted octanol–water partition coefficient (Wildman–Crippen LogP) is 0.821. The third kappa shape index (κ3) is 2.35. The van der Waals surface area contributed by atoms with E-state index in [1.807, 2.05) is 0 Å². The normalized spacial score (nSPS) is 24.0. The van der Waals surface area contributed by atoms with Gasteiger partial charge in [-0.25, -0.2) is 0 Å². The van der Waals surface area contributed by atoms with Crippen LogP contribution in [0.4, 0.5) is 0 Å². The molecule has 1 heterocycles. The van der Waals surface area contributed by atoms with E-state index in [-0.39, 0.29) is 11.8 Å². The molecule has 0 atom stereocenters. The first kappa shape index (κ1) is 9.71. The summed E-state index contributed by atoms with van der Waals surface area (Å²) in [5, 5.41) is 6.44. The van der Waals surface area contributed by atoms with Gasteiger partial charge in [0, 0.05) is 12.0 Å². The van der Waals surface area contributed by atoms with Crippen LogP contribution in [-0.4, -0.2) is 25.0 Å². The summed E-state index contributed by atoms with van der Waals surface area (Å²) in [4.78, 5) is 11.7. The molecule has 0 spiro atoms. The molecule has 0 bridgehead atoms. The van der Waals surface area contributed by atoms with Crippen LogP contribution in [0.5, 0.6) is 0 Å². The maximum Gasteiger partial charge on any atom is 0.223 e. The van der Waals surface area contributed by atoms with E-state index in [9.17, 15) is 4.79 Å². The summed E-state index contributed by atoms with van der Waals surface area (Å²) < 4.78 is 0. The van der Waals surface area contributed by atoms with Crippen LogP contribution in [0.2, 0.25) is 0 Å². The van der Waals surface area contributed by atoms with E-state index >= 15 is 0 Å². The second kappa shape index (κ2) is 4.60. The van der Waals surface area contributed by atoms with Gasteiger partial charge in [-0.05, 0) is 38.8 Å². The number of hydrogen-bond donors (Lipinski definition) is 2. The Kier molecular flexibility index (Phi) is 3.19. The van der Waals surface area contributed by atoms with E-state index in [1.165, 1.54) is 0 Å². The van der Waals surface area contributed by atoms with Crippen molar-refractivity contribution in [3.8, 4) is 0 Å². The predicted molar refractivity (Wildman–Crippen MR) is 55.9 cm³/mol. The van der Waals surface area contributed by atoms with Crippen molar-refractivity contribution in [3.63, 3.8) is 0 Å². The number of nitrogens with one attached hydrogen (secondary N) is 2. The molecule has 1 saturated heterocycles. The lowest BCUT2D eigenvalue weighted by molar-refractivity contribution is -0.125. The first-order valence-corrected chi connectivity index (χ1v) is 5.52. The van der Waals surface area contributed by atoms with Crippen molar-refractivity contribution in [2.45, 2.75) is 31.7 Å². The standard InChI is InChI=1S/C11H18N2O/c14-11(9-3-1-2-4-9)13-10-5-7-12-8-6-10/h1-2,9-10,12H,3-8H2,(H,13,14). The lowest BCUT2D eigenvalue weighted by Gasteiger charge is -2.25. The molecule has 0 aromatic heterocycles. The lowest BCUT2D eigenvalue weighted by Crippen LogP contribution is -2.44. The molecule has 3 heteroatoms. The van der Waals surface area contributed by atoms with Gasteiger partial charge in [-0.15, -0.1) is 0 Å². The minimum atomic E-state index is 0.213. The van der Waals surface area contributed by atoms with Crippen LogP contribution < -0.4 is 10.6 Å². The lowest BCUT2D eigenvalue weighted by atomic mass is 10.0. The Hall–Kier alpha value is -0.830. The molecule has 14 heavy (non-hydrogen) atoms. The van der Waals surface area contributed by atoms with Crippen molar-refractivity contribution in [2.24, 2.45) is 5.92 Å². The SMILES string of the molecule is O=C(NC1CCNCC1)C1CC=CC1. The zero-order valence-electron chi connectivity index (χ0n) is 8.46. The molecule has 78 valence electrons. The van der Waals surface area contributed by atoms with Crippen LogP contribution >= 0.6 is 0 Å². The number of hydrogen-bond acceptors (Lipinski definition) is 2. The van der Waals surface area contributed by atoms with Gasteiger partial charge in [-0.2, -0.15) is 0 Å². The van der Waals surface area contributed by atoms with E-state index in [2.05, 4.69) is 22.8 Å². The average molecular weight is 194 g/mol. The van der Waals surface area contributed by atoms with E-state index < -0.39 is 0 Å². The highest BCUT2D eigenvalue weighted by Gasteiger charge is 2.22. The molecule has 0 saturated carbocycles. The zero-order chi connectivity index (χ0) is 9.80. The smallest absolute Gasteiger partial charge is 0.223 e. The van der Waals surface area contributed by atoms with Crippen LogP contribution in [-0.2, 0) is 4.79 Å². The summed E-state index contributed by atoms with van der Waals surface area (Å²) in [7, 11) is 0. The topological polar surface area (TPSA) is 41.1 Å². The van der Waals surface area contributed by atoms with E-state index in [0.717, 1.165) is 38.8 Å². The fraction of sp³-hybridized carbons (Fsp3) is 0.727. The monoisotopic (exact) mass is 194 g/mol. The Morgan fingerprint density at radius 2 is 1.86 bits per heavy atom. The number of piperidine rings is 1. The second-order valence-corrected chi connectivity index (χ2v) is 4.17. The Labute approximate surface area is 84.9 Å². The maximum absolute atomic E-state index is 11.7. The first-order valence-electron chi connectivity index (χ1n) is 5.52. The summed E-state index contributed by atoms with van der Waals surface area (Å²) in [5.74, 6) is 0.465. The fourth-order valence-corrected chi connectivity index (χ4v) is 2.12. The van der Waals surface area contributed by atoms with E-state index in [4.69, 9.17) is 0 Å². The van der Waals surface area contributed by atoms with Gasteiger partial charge in [-0.1, -0.05) is 12.2 Å². The molecule has 0 unspecified atom stereocenters. The molecule has 1 aliphatic heterocycles.